The Labute approximate surface area is 89.4 Å². The third-order valence-electron chi connectivity index (χ3n) is 2.78. The smallest absolute Gasteiger partial charge is 0.0658 e. The van der Waals surface area contributed by atoms with E-state index in [-0.39, 0.29) is 0 Å². The first kappa shape index (κ1) is 9.66. The van der Waals surface area contributed by atoms with Gasteiger partial charge in [-0.2, -0.15) is 0 Å². The zero-order valence-corrected chi connectivity index (χ0v) is 9.01. The second-order valence-electron chi connectivity index (χ2n) is 3.89. The van der Waals surface area contributed by atoms with Crippen LogP contribution < -0.4 is 11.1 Å². The molecule has 1 aromatic rings. The maximum Gasteiger partial charge on any atom is 0.0658 e. The number of anilines is 2. The molecule has 0 saturated heterocycles. The van der Waals surface area contributed by atoms with Gasteiger partial charge in [-0.15, -0.1) is 0 Å². The van der Waals surface area contributed by atoms with E-state index in [1.54, 1.807) is 6.07 Å². The fourth-order valence-corrected chi connectivity index (χ4v) is 1.97. The summed E-state index contributed by atoms with van der Waals surface area (Å²) in [6.07, 6.45) is 2.50. The SMILES string of the molecule is CCC1CC1Nc1ccc(N)cc1Cl. The summed E-state index contributed by atoms with van der Waals surface area (Å²) >= 11 is 6.05. The average Bonchev–Trinajstić information content (AvgIpc) is 2.89. The fraction of sp³-hybridized carbons (Fsp3) is 0.455. The van der Waals surface area contributed by atoms with Crippen LogP contribution in [-0.4, -0.2) is 6.04 Å². The minimum absolute atomic E-state index is 0.612. The molecule has 3 N–H and O–H groups in total. The second kappa shape index (κ2) is 3.70. The molecule has 2 rings (SSSR count). The van der Waals surface area contributed by atoms with E-state index < -0.39 is 0 Å². The highest BCUT2D eigenvalue weighted by Gasteiger charge is 2.35. The van der Waals surface area contributed by atoms with Gasteiger partial charge in [0.2, 0.25) is 0 Å². The van der Waals surface area contributed by atoms with Gasteiger partial charge < -0.3 is 11.1 Å². The molecular weight excluding hydrogens is 196 g/mol. The van der Waals surface area contributed by atoms with E-state index in [1.165, 1.54) is 12.8 Å². The molecule has 76 valence electrons. The molecule has 1 saturated carbocycles. The summed E-state index contributed by atoms with van der Waals surface area (Å²) in [5.41, 5.74) is 7.33. The van der Waals surface area contributed by atoms with Crippen LogP contribution in [0.25, 0.3) is 0 Å². The van der Waals surface area contributed by atoms with Gasteiger partial charge in [0.25, 0.3) is 0 Å². The Morgan fingerprint density at radius 1 is 1.57 bits per heavy atom. The van der Waals surface area contributed by atoms with Crippen molar-refractivity contribution in [1.29, 1.82) is 0 Å². The van der Waals surface area contributed by atoms with Gasteiger partial charge in [-0.05, 0) is 30.5 Å². The third kappa shape index (κ3) is 1.95. The summed E-state index contributed by atoms with van der Waals surface area (Å²) in [6, 6.07) is 6.22. The van der Waals surface area contributed by atoms with Gasteiger partial charge in [-0.1, -0.05) is 24.9 Å². The number of hydrogen-bond acceptors (Lipinski definition) is 2. The average molecular weight is 211 g/mol. The highest BCUT2D eigenvalue weighted by molar-refractivity contribution is 6.33. The zero-order chi connectivity index (χ0) is 10.1. The Bertz CT molecular complexity index is 338. The first-order chi connectivity index (χ1) is 6.70. The molecule has 2 unspecified atom stereocenters. The van der Waals surface area contributed by atoms with E-state index >= 15 is 0 Å². The predicted molar refractivity (Wildman–Crippen MR) is 61.7 cm³/mol. The number of hydrogen-bond donors (Lipinski definition) is 2. The number of nitrogen functional groups attached to an aromatic ring is 1. The summed E-state index contributed by atoms with van der Waals surface area (Å²) < 4.78 is 0. The molecule has 3 heteroatoms. The summed E-state index contributed by atoms with van der Waals surface area (Å²) in [5, 5.41) is 4.14. The predicted octanol–water partition coefficient (Wildman–Crippen LogP) is 3.13. The summed E-state index contributed by atoms with van der Waals surface area (Å²) in [7, 11) is 0. The summed E-state index contributed by atoms with van der Waals surface area (Å²) in [6.45, 7) is 2.22. The Kier molecular flexibility index (Phi) is 2.55. The molecule has 0 aromatic heterocycles. The molecule has 1 aliphatic carbocycles. The van der Waals surface area contributed by atoms with Gasteiger partial charge in [-0.25, -0.2) is 0 Å². The maximum absolute atomic E-state index is 6.05. The van der Waals surface area contributed by atoms with Gasteiger partial charge in [-0.3, -0.25) is 0 Å². The normalized spacial score (nSPS) is 24.7. The maximum atomic E-state index is 6.05. The zero-order valence-electron chi connectivity index (χ0n) is 8.26. The Balaban J connectivity index is 2.03. The molecule has 0 radical (unpaired) electrons. The van der Waals surface area contributed by atoms with Crippen LogP contribution in [0.15, 0.2) is 18.2 Å². The lowest BCUT2D eigenvalue weighted by atomic mass is 10.2. The minimum atomic E-state index is 0.612. The van der Waals surface area contributed by atoms with Crippen molar-refractivity contribution < 1.29 is 0 Å². The van der Waals surface area contributed by atoms with Crippen molar-refractivity contribution in [2.75, 3.05) is 11.1 Å². The highest BCUT2D eigenvalue weighted by Crippen LogP contribution is 2.37. The molecule has 0 heterocycles. The van der Waals surface area contributed by atoms with Gasteiger partial charge in [0.05, 0.1) is 10.7 Å². The van der Waals surface area contributed by atoms with E-state index in [9.17, 15) is 0 Å². The number of rotatable bonds is 3. The topological polar surface area (TPSA) is 38.0 Å². The van der Waals surface area contributed by atoms with Crippen LogP contribution >= 0.6 is 11.6 Å². The largest absolute Gasteiger partial charge is 0.399 e. The molecule has 0 aliphatic heterocycles. The van der Waals surface area contributed by atoms with E-state index in [0.717, 1.165) is 11.6 Å². The molecular formula is C11H15ClN2. The van der Waals surface area contributed by atoms with Gasteiger partial charge >= 0.3 is 0 Å². The van der Waals surface area contributed by atoms with Crippen molar-refractivity contribution in [3.05, 3.63) is 23.2 Å². The Hall–Kier alpha value is -0.890. The number of nitrogens with one attached hydrogen (secondary N) is 1. The molecule has 2 atom stereocenters. The molecule has 0 spiro atoms. The van der Waals surface area contributed by atoms with E-state index in [2.05, 4.69) is 12.2 Å². The molecule has 0 bridgehead atoms. The van der Waals surface area contributed by atoms with Crippen LogP contribution in [0, 0.1) is 5.92 Å². The van der Waals surface area contributed by atoms with Gasteiger partial charge in [0.15, 0.2) is 0 Å². The van der Waals surface area contributed by atoms with E-state index in [0.29, 0.717) is 16.8 Å². The molecule has 1 aromatic carbocycles. The van der Waals surface area contributed by atoms with Crippen LogP contribution in [0.4, 0.5) is 11.4 Å². The van der Waals surface area contributed by atoms with Gasteiger partial charge in [0.1, 0.15) is 0 Å². The first-order valence-corrected chi connectivity index (χ1v) is 5.40. The van der Waals surface area contributed by atoms with E-state index in [1.807, 2.05) is 12.1 Å². The molecule has 1 aliphatic rings. The monoisotopic (exact) mass is 210 g/mol. The first-order valence-electron chi connectivity index (χ1n) is 5.02. The number of nitrogens with two attached hydrogens (primary N) is 1. The van der Waals surface area contributed by atoms with Gasteiger partial charge in [0, 0.05) is 11.7 Å². The van der Waals surface area contributed by atoms with Crippen LogP contribution in [0.1, 0.15) is 19.8 Å². The second-order valence-corrected chi connectivity index (χ2v) is 4.30. The Morgan fingerprint density at radius 2 is 2.36 bits per heavy atom. The molecule has 0 amide bonds. The lowest BCUT2D eigenvalue weighted by molar-refractivity contribution is 0.775. The molecule has 14 heavy (non-hydrogen) atoms. The van der Waals surface area contributed by atoms with Crippen LogP contribution in [0.2, 0.25) is 5.02 Å². The summed E-state index contributed by atoms with van der Waals surface area (Å²) in [4.78, 5) is 0. The van der Waals surface area contributed by atoms with Crippen molar-refractivity contribution >= 4 is 23.0 Å². The van der Waals surface area contributed by atoms with Crippen molar-refractivity contribution in [3.63, 3.8) is 0 Å². The third-order valence-corrected chi connectivity index (χ3v) is 3.09. The van der Waals surface area contributed by atoms with Crippen molar-refractivity contribution in [3.8, 4) is 0 Å². The fourth-order valence-electron chi connectivity index (χ4n) is 1.72. The number of halogens is 1. The quantitative estimate of drug-likeness (QED) is 0.753. The Morgan fingerprint density at radius 3 is 2.93 bits per heavy atom. The van der Waals surface area contributed by atoms with Crippen LogP contribution in [0.5, 0.6) is 0 Å². The molecule has 1 fully saturated rings. The summed E-state index contributed by atoms with van der Waals surface area (Å²) in [5.74, 6) is 0.823. The van der Waals surface area contributed by atoms with Crippen LogP contribution in [-0.2, 0) is 0 Å². The van der Waals surface area contributed by atoms with Crippen LogP contribution in [0.3, 0.4) is 0 Å². The van der Waals surface area contributed by atoms with Crippen molar-refractivity contribution in [1.82, 2.24) is 0 Å². The molecule has 2 nitrogen and oxygen atoms in total. The van der Waals surface area contributed by atoms with Crippen molar-refractivity contribution in [2.24, 2.45) is 5.92 Å². The minimum Gasteiger partial charge on any atom is -0.399 e. The standard InChI is InChI=1S/C11H15ClN2/c1-2-7-5-11(7)14-10-4-3-8(13)6-9(10)12/h3-4,6-7,11,14H,2,5,13H2,1H3. The highest BCUT2D eigenvalue weighted by atomic mass is 35.5. The van der Waals surface area contributed by atoms with Crippen molar-refractivity contribution in [2.45, 2.75) is 25.8 Å². The number of benzene rings is 1. The lowest BCUT2D eigenvalue weighted by Crippen LogP contribution is -2.04. The van der Waals surface area contributed by atoms with E-state index in [4.69, 9.17) is 17.3 Å². The lowest BCUT2D eigenvalue weighted by Gasteiger charge is -2.08.